The van der Waals surface area contributed by atoms with E-state index < -0.39 is 0 Å². The van der Waals surface area contributed by atoms with Crippen molar-refractivity contribution in [2.75, 3.05) is 19.0 Å². The minimum atomic E-state index is 0.0190. The minimum absolute atomic E-state index is 0.0190. The van der Waals surface area contributed by atoms with E-state index in [9.17, 15) is 4.79 Å². The molecule has 0 radical (unpaired) electrons. The molecule has 1 amide bonds. The first kappa shape index (κ1) is 13.7. The number of carbonyl (C=O) groups excluding carboxylic acids is 1. The van der Waals surface area contributed by atoms with Crippen LogP contribution in [0.3, 0.4) is 0 Å². The summed E-state index contributed by atoms with van der Waals surface area (Å²) in [5, 5.41) is 1.35. The van der Waals surface area contributed by atoms with Crippen LogP contribution in [-0.4, -0.2) is 35.8 Å². The first-order valence-electron chi connectivity index (χ1n) is 5.88. The molecule has 2 rings (SSSR count). The number of hydrogen-bond acceptors (Lipinski definition) is 2. The molecule has 1 fully saturated rings. The lowest BCUT2D eigenvalue weighted by molar-refractivity contribution is 0.0751. The van der Waals surface area contributed by atoms with E-state index >= 15 is 0 Å². The molecule has 98 valence electrons. The molecular weight excluding hydrogens is 318 g/mol. The quantitative estimate of drug-likeness (QED) is 0.774. The SMILES string of the molecule is COc1cc(Cl)ccc1C(=O)N(CCBr)C1CC1. The normalized spacial score (nSPS) is 14.4. The van der Waals surface area contributed by atoms with Gasteiger partial charge in [-0.25, -0.2) is 0 Å². The van der Waals surface area contributed by atoms with E-state index in [1.54, 1.807) is 25.3 Å². The number of halogens is 2. The number of methoxy groups -OCH3 is 1. The van der Waals surface area contributed by atoms with E-state index in [0.717, 1.165) is 24.7 Å². The van der Waals surface area contributed by atoms with Gasteiger partial charge in [-0.3, -0.25) is 4.79 Å². The van der Waals surface area contributed by atoms with Gasteiger partial charge in [0.1, 0.15) is 5.75 Å². The molecule has 1 aliphatic carbocycles. The number of ether oxygens (including phenoxy) is 1. The summed E-state index contributed by atoms with van der Waals surface area (Å²) in [4.78, 5) is 14.4. The van der Waals surface area contributed by atoms with E-state index in [1.807, 2.05) is 4.90 Å². The molecule has 1 saturated carbocycles. The molecular formula is C13H15BrClNO2. The molecule has 5 heteroatoms. The average molecular weight is 333 g/mol. The Morgan fingerprint density at radius 2 is 2.28 bits per heavy atom. The number of carbonyl (C=O) groups is 1. The second kappa shape index (κ2) is 5.93. The Bertz CT molecular complexity index is 449. The van der Waals surface area contributed by atoms with Crippen molar-refractivity contribution in [1.82, 2.24) is 4.90 Å². The van der Waals surface area contributed by atoms with Crippen molar-refractivity contribution in [2.24, 2.45) is 0 Å². The highest BCUT2D eigenvalue weighted by Gasteiger charge is 2.33. The molecule has 1 aromatic rings. The van der Waals surface area contributed by atoms with E-state index in [-0.39, 0.29) is 5.91 Å². The smallest absolute Gasteiger partial charge is 0.257 e. The van der Waals surface area contributed by atoms with Gasteiger partial charge in [-0.05, 0) is 31.0 Å². The highest BCUT2D eigenvalue weighted by molar-refractivity contribution is 9.09. The Hall–Kier alpha value is -0.740. The molecule has 1 aliphatic rings. The third-order valence-electron chi connectivity index (χ3n) is 2.97. The lowest BCUT2D eigenvalue weighted by Gasteiger charge is -2.22. The standard InChI is InChI=1S/C13H15BrClNO2/c1-18-12-8-9(15)2-5-11(12)13(17)16(7-6-14)10-3-4-10/h2,5,8,10H,3-4,6-7H2,1H3. The van der Waals surface area contributed by atoms with Crippen molar-refractivity contribution < 1.29 is 9.53 Å². The van der Waals surface area contributed by atoms with Crippen molar-refractivity contribution in [1.29, 1.82) is 0 Å². The van der Waals surface area contributed by atoms with Crippen molar-refractivity contribution in [3.05, 3.63) is 28.8 Å². The summed E-state index contributed by atoms with van der Waals surface area (Å²) in [7, 11) is 1.55. The highest BCUT2D eigenvalue weighted by Crippen LogP contribution is 2.31. The molecule has 0 saturated heterocycles. The molecule has 0 unspecified atom stereocenters. The number of amides is 1. The summed E-state index contributed by atoms with van der Waals surface area (Å²) >= 11 is 9.29. The van der Waals surface area contributed by atoms with E-state index in [2.05, 4.69) is 15.9 Å². The van der Waals surface area contributed by atoms with Gasteiger partial charge in [0.2, 0.25) is 0 Å². The lowest BCUT2D eigenvalue weighted by Crippen LogP contribution is -2.34. The van der Waals surface area contributed by atoms with Crippen LogP contribution in [0, 0.1) is 0 Å². The Balaban J connectivity index is 2.26. The van der Waals surface area contributed by atoms with Gasteiger partial charge in [-0.1, -0.05) is 27.5 Å². The largest absolute Gasteiger partial charge is 0.496 e. The van der Waals surface area contributed by atoms with Crippen LogP contribution in [0.1, 0.15) is 23.2 Å². The van der Waals surface area contributed by atoms with Crippen molar-refractivity contribution in [3.63, 3.8) is 0 Å². The third kappa shape index (κ3) is 2.98. The summed E-state index contributed by atoms with van der Waals surface area (Å²) in [6, 6.07) is 5.51. The number of rotatable bonds is 5. The molecule has 0 aliphatic heterocycles. The summed E-state index contributed by atoms with van der Waals surface area (Å²) in [5.74, 6) is 0.554. The van der Waals surface area contributed by atoms with Crippen LogP contribution in [0.5, 0.6) is 5.75 Å². The van der Waals surface area contributed by atoms with Gasteiger partial charge >= 0.3 is 0 Å². The van der Waals surface area contributed by atoms with Gasteiger partial charge in [0, 0.05) is 22.9 Å². The molecule has 3 nitrogen and oxygen atoms in total. The fraction of sp³-hybridized carbons (Fsp3) is 0.462. The topological polar surface area (TPSA) is 29.5 Å². The third-order valence-corrected chi connectivity index (χ3v) is 3.56. The zero-order valence-electron chi connectivity index (χ0n) is 10.2. The molecule has 18 heavy (non-hydrogen) atoms. The maximum Gasteiger partial charge on any atom is 0.257 e. The first-order valence-corrected chi connectivity index (χ1v) is 7.37. The summed E-state index contributed by atoms with van der Waals surface area (Å²) in [6.45, 7) is 0.718. The monoisotopic (exact) mass is 331 g/mol. The van der Waals surface area contributed by atoms with Crippen molar-refractivity contribution >= 4 is 33.4 Å². The van der Waals surface area contributed by atoms with Crippen molar-refractivity contribution in [3.8, 4) is 5.75 Å². The zero-order chi connectivity index (χ0) is 13.1. The first-order chi connectivity index (χ1) is 8.67. The molecule has 0 atom stereocenters. The second-order valence-corrected chi connectivity index (χ2v) is 5.49. The van der Waals surface area contributed by atoms with Gasteiger partial charge in [-0.2, -0.15) is 0 Å². The van der Waals surface area contributed by atoms with Crippen LogP contribution in [0.2, 0.25) is 5.02 Å². The van der Waals surface area contributed by atoms with Crippen molar-refractivity contribution in [2.45, 2.75) is 18.9 Å². The Morgan fingerprint density at radius 1 is 1.56 bits per heavy atom. The fourth-order valence-electron chi connectivity index (χ4n) is 1.92. The lowest BCUT2D eigenvalue weighted by atomic mass is 10.1. The highest BCUT2D eigenvalue weighted by atomic mass is 79.9. The molecule has 0 aromatic heterocycles. The van der Waals surface area contributed by atoms with Gasteiger partial charge in [0.15, 0.2) is 0 Å². The van der Waals surface area contributed by atoms with Crippen LogP contribution in [0.4, 0.5) is 0 Å². The van der Waals surface area contributed by atoms with Gasteiger partial charge in [-0.15, -0.1) is 0 Å². The molecule has 0 bridgehead atoms. The molecule has 1 aromatic carbocycles. The summed E-state index contributed by atoms with van der Waals surface area (Å²) in [5.41, 5.74) is 0.578. The Kier molecular flexibility index (Phi) is 4.51. The van der Waals surface area contributed by atoms with E-state index in [1.165, 1.54) is 0 Å². The van der Waals surface area contributed by atoms with Crippen LogP contribution in [0.15, 0.2) is 18.2 Å². The van der Waals surface area contributed by atoms with Crippen LogP contribution in [-0.2, 0) is 0 Å². The predicted molar refractivity (Wildman–Crippen MR) is 75.9 cm³/mol. The zero-order valence-corrected chi connectivity index (χ0v) is 12.5. The Labute approximate surface area is 120 Å². The van der Waals surface area contributed by atoms with Crippen LogP contribution < -0.4 is 4.74 Å². The number of nitrogens with zero attached hydrogens (tertiary/aromatic N) is 1. The van der Waals surface area contributed by atoms with Crippen LogP contribution >= 0.6 is 27.5 Å². The number of hydrogen-bond donors (Lipinski definition) is 0. The van der Waals surface area contributed by atoms with Gasteiger partial charge in [0.25, 0.3) is 5.91 Å². The maximum atomic E-state index is 12.5. The second-order valence-electron chi connectivity index (χ2n) is 4.26. The van der Waals surface area contributed by atoms with Gasteiger partial charge in [0.05, 0.1) is 12.7 Å². The summed E-state index contributed by atoms with van der Waals surface area (Å²) < 4.78 is 5.23. The summed E-state index contributed by atoms with van der Waals surface area (Å²) in [6.07, 6.45) is 2.18. The van der Waals surface area contributed by atoms with Crippen LogP contribution in [0.25, 0.3) is 0 Å². The average Bonchev–Trinajstić information content (AvgIpc) is 3.19. The predicted octanol–water partition coefficient (Wildman–Crippen LogP) is 3.35. The molecule has 0 N–H and O–H groups in total. The molecule has 0 heterocycles. The number of alkyl halides is 1. The fourth-order valence-corrected chi connectivity index (χ4v) is 2.47. The minimum Gasteiger partial charge on any atom is -0.496 e. The number of benzene rings is 1. The van der Waals surface area contributed by atoms with E-state index in [4.69, 9.17) is 16.3 Å². The van der Waals surface area contributed by atoms with Gasteiger partial charge < -0.3 is 9.64 Å². The molecule has 0 spiro atoms. The maximum absolute atomic E-state index is 12.5. The Morgan fingerprint density at radius 3 is 2.83 bits per heavy atom. The van der Waals surface area contributed by atoms with E-state index in [0.29, 0.717) is 22.4 Å².